The van der Waals surface area contributed by atoms with Gasteiger partial charge in [-0.15, -0.1) is 0 Å². The van der Waals surface area contributed by atoms with Crippen LogP contribution in [-0.4, -0.2) is 61.4 Å². The van der Waals surface area contributed by atoms with Gasteiger partial charge in [0.2, 0.25) is 0 Å². The second-order valence-corrected chi connectivity index (χ2v) is 8.51. The maximum atomic E-state index is 15.0. The van der Waals surface area contributed by atoms with Crippen LogP contribution >= 0.6 is 0 Å². The lowest BCUT2D eigenvalue weighted by Crippen LogP contribution is -2.56. The molecule has 1 N–H and O–H groups in total. The number of ether oxygens (including phenoxy) is 1. The van der Waals surface area contributed by atoms with Crippen LogP contribution in [0.1, 0.15) is 25.3 Å². The predicted molar refractivity (Wildman–Crippen MR) is 138 cm³/mol. The summed E-state index contributed by atoms with van der Waals surface area (Å²) >= 11 is 0. The molecule has 2 unspecified atom stereocenters. The molecule has 0 saturated carbocycles. The molecule has 1 aromatic rings. The lowest BCUT2D eigenvalue weighted by molar-refractivity contribution is -0.107. The van der Waals surface area contributed by atoms with Gasteiger partial charge in [-0.25, -0.2) is 8.78 Å². The number of piperidine rings is 1. The number of aliphatic imine (C=N–C) groups is 1. The molecule has 1 aromatic carbocycles. The van der Waals surface area contributed by atoms with Gasteiger partial charge >= 0.3 is 0 Å². The molecule has 4 rings (SSSR count). The molecule has 190 valence electrons. The molecule has 7 nitrogen and oxygen atoms in total. The summed E-state index contributed by atoms with van der Waals surface area (Å²) in [5.41, 5.74) is 0.928. The molecule has 1 aliphatic carbocycles. The van der Waals surface area contributed by atoms with Gasteiger partial charge in [0, 0.05) is 25.4 Å². The summed E-state index contributed by atoms with van der Waals surface area (Å²) in [5, 5.41) is 14.6. The lowest BCUT2D eigenvalue weighted by Gasteiger charge is -2.40. The number of nitrogens with zero attached hydrogens (tertiary/aromatic N) is 4. The summed E-state index contributed by atoms with van der Waals surface area (Å²) in [6.45, 7) is 1.82. The van der Waals surface area contributed by atoms with Crippen LogP contribution < -0.4 is 9.64 Å². The number of anilines is 1. The van der Waals surface area contributed by atoms with Gasteiger partial charge in [-0.2, -0.15) is 0 Å². The van der Waals surface area contributed by atoms with E-state index >= 15 is 0 Å². The highest BCUT2D eigenvalue weighted by molar-refractivity contribution is 6.04. The van der Waals surface area contributed by atoms with Crippen molar-refractivity contribution >= 4 is 23.9 Å². The third-order valence-corrected chi connectivity index (χ3v) is 6.25. The zero-order valence-corrected chi connectivity index (χ0v) is 20.6. The van der Waals surface area contributed by atoms with E-state index in [1.54, 1.807) is 25.4 Å². The molecule has 0 amide bonds. The number of alkyl halides is 1. The van der Waals surface area contributed by atoms with Crippen LogP contribution in [0.2, 0.25) is 0 Å². The minimum atomic E-state index is -1.63. The van der Waals surface area contributed by atoms with Crippen molar-refractivity contribution in [3.05, 3.63) is 77.3 Å². The molecule has 0 radical (unpaired) electrons. The van der Waals surface area contributed by atoms with E-state index in [0.717, 1.165) is 29.3 Å². The van der Waals surface area contributed by atoms with Gasteiger partial charge < -0.3 is 24.5 Å². The van der Waals surface area contributed by atoms with Crippen molar-refractivity contribution in [2.24, 2.45) is 10.1 Å². The molecule has 9 heteroatoms. The number of allylic oxidation sites excluding steroid dienone is 6. The normalized spacial score (nSPS) is 24.9. The van der Waals surface area contributed by atoms with Crippen molar-refractivity contribution in [1.82, 2.24) is 4.90 Å². The number of halogens is 2. The number of benzene rings is 1. The van der Waals surface area contributed by atoms with Gasteiger partial charge in [0.05, 0.1) is 19.1 Å². The number of aliphatic hydroxyl groups excluding tert-OH is 1. The van der Waals surface area contributed by atoms with E-state index in [2.05, 4.69) is 10.1 Å². The maximum absolute atomic E-state index is 15.0. The quantitative estimate of drug-likeness (QED) is 0.430. The molecule has 2 aliphatic heterocycles. The largest absolute Gasteiger partial charge is 0.495 e. The first-order valence-electron chi connectivity index (χ1n) is 11.7. The monoisotopic (exact) mass is 496 g/mol. The number of amidine groups is 1. The average molecular weight is 497 g/mol. The maximum Gasteiger partial charge on any atom is 0.259 e. The minimum absolute atomic E-state index is 0.0276. The molecule has 2 atom stereocenters. The molecule has 0 spiro atoms. The van der Waals surface area contributed by atoms with Crippen LogP contribution in [0, 0.1) is 0 Å². The summed E-state index contributed by atoms with van der Waals surface area (Å²) in [5.74, 6) is 0.534. The number of aliphatic hydroxyl groups is 1. The van der Waals surface area contributed by atoms with E-state index in [4.69, 9.17) is 9.57 Å². The van der Waals surface area contributed by atoms with Crippen molar-refractivity contribution in [2.45, 2.75) is 31.7 Å². The first kappa shape index (κ1) is 25.4. The Morgan fingerprint density at radius 3 is 2.97 bits per heavy atom. The highest BCUT2D eigenvalue weighted by Crippen LogP contribution is 2.41. The molecule has 36 heavy (non-hydrogen) atoms. The molecule has 2 heterocycles. The topological polar surface area (TPSA) is 69.9 Å². The number of hydrogen-bond acceptors (Lipinski definition) is 6. The number of methoxy groups -OCH3 is 1. The average Bonchev–Trinajstić information content (AvgIpc) is 3.18. The van der Waals surface area contributed by atoms with Gasteiger partial charge in [0.25, 0.3) is 5.72 Å². The van der Waals surface area contributed by atoms with E-state index in [1.165, 1.54) is 18.2 Å². The van der Waals surface area contributed by atoms with Crippen molar-refractivity contribution in [3.8, 4) is 5.75 Å². The van der Waals surface area contributed by atoms with Crippen molar-refractivity contribution in [2.75, 3.05) is 32.2 Å². The van der Waals surface area contributed by atoms with Gasteiger partial charge in [-0.3, -0.25) is 4.99 Å². The van der Waals surface area contributed by atoms with Gasteiger partial charge in [0.1, 0.15) is 24.4 Å². The van der Waals surface area contributed by atoms with Gasteiger partial charge in [-0.05, 0) is 67.3 Å². The van der Waals surface area contributed by atoms with E-state index in [9.17, 15) is 13.9 Å². The van der Waals surface area contributed by atoms with E-state index in [-0.39, 0.29) is 5.57 Å². The Kier molecular flexibility index (Phi) is 7.69. The van der Waals surface area contributed by atoms with Crippen molar-refractivity contribution in [3.63, 3.8) is 0 Å². The first-order valence-corrected chi connectivity index (χ1v) is 11.7. The molecule has 3 aliphatic rings. The number of rotatable bonds is 7. The molecular weight excluding hydrogens is 466 g/mol. The molecular formula is C27H30F2N4O3. The fraction of sp³-hybridized carbons (Fsp3) is 0.333. The Morgan fingerprint density at radius 1 is 1.42 bits per heavy atom. The van der Waals surface area contributed by atoms with E-state index in [0.29, 0.717) is 24.6 Å². The zero-order valence-electron chi connectivity index (χ0n) is 20.6. The third-order valence-electron chi connectivity index (χ3n) is 6.25. The van der Waals surface area contributed by atoms with Crippen LogP contribution in [0.15, 0.2) is 81.9 Å². The summed E-state index contributed by atoms with van der Waals surface area (Å²) < 4.78 is 34.8. The summed E-state index contributed by atoms with van der Waals surface area (Å²) in [6, 6.07) is 5.80. The standard InChI is InChI=1S/C27H30F2N4O3/c1-4-12-32(18-30-2)24-11-10-19(15-25(24)35-3)14-20-7-6-13-33-26(20)31-36-27(33,17-34)22-16-21(28)8-5-9-23(22)29/h4-5,8-12,14-16,18,23,34H,6-7,13,17H2,1-3H3/b12-4+,20-14+,30-18?. The van der Waals surface area contributed by atoms with Gasteiger partial charge in [0.15, 0.2) is 5.84 Å². The third kappa shape index (κ3) is 4.70. The first-order chi connectivity index (χ1) is 17.5. The predicted octanol–water partition coefficient (Wildman–Crippen LogP) is 4.89. The Morgan fingerprint density at radius 2 is 2.25 bits per heavy atom. The fourth-order valence-corrected chi connectivity index (χ4v) is 4.61. The van der Waals surface area contributed by atoms with E-state index < -0.39 is 24.3 Å². The van der Waals surface area contributed by atoms with Crippen LogP contribution in [0.3, 0.4) is 0 Å². The van der Waals surface area contributed by atoms with Crippen molar-refractivity contribution in [1.29, 1.82) is 0 Å². The van der Waals surface area contributed by atoms with Crippen LogP contribution in [0.4, 0.5) is 14.5 Å². The number of hydrogen-bond donors (Lipinski definition) is 1. The Balaban J connectivity index is 1.68. The lowest BCUT2D eigenvalue weighted by atomic mass is 9.92. The summed E-state index contributed by atoms with van der Waals surface area (Å²) in [7, 11) is 3.31. The SMILES string of the molecule is C/C=C/N(C=NC)c1ccc(/C=C2\CCCN3C2=NOC3(CO)C2=CC(F)=CC=CC2F)cc1OC. The Bertz CT molecular complexity index is 1190. The molecule has 0 aromatic heterocycles. The smallest absolute Gasteiger partial charge is 0.259 e. The Hall–Kier alpha value is -3.72. The number of fused-ring (bicyclic) bond motifs is 1. The molecule has 1 saturated heterocycles. The van der Waals surface area contributed by atoms with Crippen LogP contribution in [0.5, 0.6) is 5.75 Å². The Labute approximate surface area is 209 Å². The molecule has 1 fully saturated rings. The number of oxime groups is 1. The summed E-state index contributed by atoms with van der Waals surface area (Å²) in [4.78, 5) is 13.4. The minimum Gasteiger partial charge on any atom is -0.495 e. The van der Waals surface area contributed by atoms with Crippen molar-refractivity contribution < 1.29 is 23.5 Å². The van der Waals surface area contributed by atoms with E-state index in [1.807, 2.05) is 48.4 Å². The highest BCUT2D eigenvalue weighted by atomic mass is 19.1. The van der Waals surface area contributed by atoms with Gasteiger partial charge in [-0.1, -0.05) is 23.4 Å². The zero-order chi connectivity index (χ0) is 25.7. The van der Waals surface area contributed by atoms with Crippen LogP contribution in [0.25, 0.3) is 6.08 Å². The fourth-order valence-electron chi connectivity index (χ4n) is 4.61. The van der Waals surface area contributed by atoms with Crippen LogP contribution in [-0.2, 0) is 4.84 Å². The highest BCUT2D eigenvalue weighted by Gasteiger charge is 2.52. The molecule has 0 bridgehead atoms. The second-order valence-electron chi connectivity index (χ2n) is 8.51. The second kappa shape index (κ2) is 10.9. The summed E-state index contributed by atoms with van der Waals surface area (Å²) in [6.07, 6.45) is 12.1.